The molecule has 0 aliphatic carbocycles. The van der Waals surface area contributed by atoms with Crippen LogP contribution < -0.4 is 4.72 Å². The van der Waals surface area contributed by atoms with Gasteiger partial charge in [-0.1, -0.05) is 30.3 Å². The first-order valence-electron chi connectivity index (χ1n) is 7.21. The fourth-order valence-electron chi connectivity index (χ4n) is 2.06. The largest absolute Gasteiger partial charge is 0.463 e. The van der Waals surface area contributed by atoms with Crippen LogP contribution in [0.5, 0.6) is 0 Å². The molecule has 2 aromatic heterocycles. The maximum absolute atomic E-state index is 12.1. The topological polar surface area (TPSA) is 85.1 Å². The van der Waals surface area contributed by atoms with Crippen LogP contribution in [0.2, 0.25) is 0 Å². The minimum absolute atomic E-state index is 0.0192. The van der Waals surface area contributed by atoms with Crippen LogP contribution in [0.1, 0.15) is 11.3 Å². The van der Waals surface area contributed by atoms with Gasteiger partial charge in [-0.3, -0.25) is 4.98 Å². The van der Waals surface area contributed by atoms with Gasteiger partial charge >= 0.3 is 0 Å². The van der Waals surface area contributed by atoms with Gasteiger partial charge in [0.05, 0.1) is 18.5 Å². The predicted molar refractivity (Wildman–Crippen MR) is 91.0 cm³/mol. The summed E-state index contributed by atoms with van der Waals surface area (Å²) in [6, 6.07) is 12.7. The Kier molecular flexibility index (Phi) is 4.83. The molecule has 7 heteroatoms. The molecular weight excluding hydrogens is 326 g/mol. The Bertz CT molecular complexity index is 921. The summed E-state index contributed by atoms with van der Waals surface area (Å²) in [5, 5.41) is 1.13. The fraction of sp³-hybridized carbons (Fsp3) is 0.0588. The maximum Gasteiger partial charge on any atom is 0.234 e. The Morgan fingerprint density at radius 2 is 1.83 bits per heavy atom. The number of benzene rings is 1. The first-order valence-corrected chi connectivity index (χ1v) is 8.75. The number of hydrogen-bond acceptors (Lipinski definition) is 5. The molecule has 0 bridgehead atoms. The second-order valence-corrected chi connectivity index (χ2v) is 6.56. The van der Waals surface area contributed by atoms with E-state index in [1.807, 2.05) is 30.3 Å². The van der Waals surface area contributed by atoms with Crippen molar-refractivity contribution in [2.24, 2.45) is 0 Å². The molecule has 6 nitrogen and oxygen atoms in total. The van der Waals surface area contributed by atoms with E-state index in [4.69, 9.17) is 4.42 Å². The van der Waals surface area contributed by atoms with Crippen molar-refractivity contribution in [1.82, 2.24) is 14.7 Å². The number of aromatic nitrogens is 2. The molecule has 2 heterocycles. The van der Waals surface area contributed by atoms with Gasteiger partial charge in [-0.25, -0.2) is 18.1 Å². The molecular formula is C17H15N3O3S. The Morgan fingerprint density at radius 1 is 1.04 bits per heavy atom. The van der Waals surface area contributed by atoms with Crippen molar-refractivity contribution in [2.45, 2.75) is 6.54 Å². The third-order valence-electron chi connectivity index (χ3n) is 3.21. The molecule has 0 aliphatic heterocycles. The van der Waals surface area contributed by atoms with E-state index in [-0.39, 0.29) is 6.54 Å². The standard InChI is InChI=1S/C17H15N3O3S/c21-24(22,12-8-14-5-2-1-3-6-14)20-13-15-17(19-10-9-18-15)16-7-4-11-23-16/h1-12,20H,13H2. The van der Waals surface area contributed by atoms with E-state index in [1.54, 1.807) is 12.1 Å². The Morgan fingerprint density at radius 3 is 2.58 bits per heavy atom. The van der Waals surface area contributed by atoms with E-state index in [9.17, 15) is 8.42 Å². The van der Waals surface area contributed by atoms with E-state index in [0.717, 1.165) is 11.0 Å². The molecule has 3 rings (SSSR count). The van der Waals surface area contributed by atoms with Gasteiger partial charge in [0.25, 0.3) is 0 Å². The lowest BCUT2D eigenvalue weighted by Gasteiger charge is -2.06. The SMILES string of the molecule is O=S(=O)(C=Cc1ccccc1)NCc1nccnc1-c1ccco1. The van der Waals surface area contributed by atoms with E-state index in [2.05, 4.69) is 14.7 Å². The van der Waals surface area contributed by atoms with Gasteiger partial charge in [0.2, 0.25) is 10.0 Å². The monoisotopic (exact) mass is 341 g/mol. The fourth-order valence-corrected chi connectivity index (χ4v) is 2.84. The molecule has 0 aliphatic rings. The molecule has 24 heavy (non-hydrogen) atoms. The number of hydrogen-bond donors (Lipinski definition) is 1. The minimum atomic E-state index is -3.59. The smallest absolute Gasteiger partial charge is 0.234 e. The summed E-state index contributed by atoms with van der Waals surface area (Å²) < 4.78 is 32.0. The van der Waals surface area contributed by atoms with Crippen molar-refractivity contribution < 1.29 is 12.8 Å². The molecule has 0 atom stereocenters. The Labute approximate surface area is 139 Å². The predicted octanol–water partition coefficient (Wildman–Crippen LogP) is 2.83. The zero-order chi connectivity index (χ0) is 16.8. The number of nitrogens with zero attached hydrogens (tertiary/aromatic N) is 2. The van der Waals surface area contributed by atoms with Crippen LogP contribution in [0.4, 0.5) is 0 Å². The summed E-state index contributed by atoms with van der Waals surface area (Å²) in [4.78, 5) is 8.39. The highest BCUT2D eigenvalue weighted by molar-refractivity contribution is 7.92. The van der Waals surface area contributed by atoms with Crippen molar-refractivity contribution in [2.75, 3.05) is 0 Å². The summed E-state index contributed by atoms with van der Waals surface area (Å²) in [5.74, 6) is 0.539. The van der Waals surface area contributed by atoms with Crippen LogP contribution in [0, 0.1) is 0 Å². The summed E-state index contributed by atoms with van der Waals surface area (Å²) in [6.07, 6.45) is 6.11. The third-order valence-corrected chi connectivity index (χ3v) is 4.25. The van der Waals surface area contributed by atoms with Crippen molar-refractivity contribution in [3.8, 4) is 11.5 Å². The molecule has 0 unspecified atom stereocenters. The molecule has 1 aromatic carbocycles. The summed E-state index contributed by atoms with van der Waals surface area (Å²) in [7, 11) is -3.59. The lowest BCUT2D eigenvalue weighted by Crippen LogP contribution is -2.21. The van der Waals surface area contributed by atoms with Crippen molar-refractivity contribution in [3.05, 3.63) is 77.8 Å². The molecule has 0 amide bonds. The normalized spacial score (nSPS) is 11.8. The van der Waals surface area contributed by atoms with Crippen LogP contribution in [0.25, 0.3) is 17.5 Å². The highest BCUT2D eigenvalue weighted by atomic mass is 32.2. The lowest BCUT2D eigenvalue weighted by molar-refractivity contribution is 0.576. The lowest BCUT2D eigenvalue weighted by atomic mass is 10.2. The van der Waals surface area contributed by atoms with Crippen LogP contribution in [0.3, 0.4) is 0 Å². The summed E-state index contributed by atoms with van der Waals surface area (Å²) in [5.41, 5.74) is 1.81. The third kappa shape index (κ3) is 4.15. The van der Waals surface area contributed by atoms with Crippen molar-refractivity contribution in [1.29, 1.82) is 0 Å². The van der Waals surface area contributed by atoms with Gasteiger partial charge in [-0.05, 0) is 23.8 Å². The molecule has 1 N–H and O–H groups in total. The highest BCUT2D eigenvalue weighted by Gasteiger charge is 2.13. The van der Waals surface area contributed by atoms with Gasteiger partial charge in [0.15, 0.2) is 5.76 Å². The zero-order valence-corrected chi connectivity index (χ0v) is 13.5. The van der Waals surface area contributed by atoms with E-state index in [0.29, 0.717) is 17.1 Å². The van der Waals surface area contributed by atoms with E-state index < -0.39 is 10.0 Å². The molecule has 0 spiro atoms. The maximum atomic E-state index is 12.1. The number of sulfonamides is 1. The first-order chi connectivity index (χ1) is 11.6. The van der Waals surface area contributed by atoms with Gasteiger partial charge in [0.1, 0.15) is 5.69 Å². The molecule has 0 saturated heterocycles. The second-order valence-electron chi connectivity index (χ2n) is 4.91. The molecule has 122 valence electrons. The van der Waals surface area contributed by atoms with E-state index >= 15 is 0 Å². The van der Waals surface area contributed by atoms with Gasteiger partial charge in [-0.15, -0.1) is 0 Å². The second kappa shape index (κ2) is 7.20. The number of furan rings is 1. The van der Waals surface area contributed by atoms with Crippen LogP contribution in [0.15, 0.2) is 70.9 Å². The highest BCUT2D eigenvalue weighted by Crippen LogP contribution is 2.19. The first kappa shape index (κ1) is 16.1. The van der Waals surface area contributed by atoms with Crippen LogP contribution >= 0.6 is 0 Å². The molecule has 0 saturated carbocycles. The Balaban J connectivity index is 1.73. The minimum Gasteiger partial charge on any atom is -0.463 e. The summed E-state index contributed by atoms with van der Waals surface area (Å²) >= 11 is 0. The van der Waals surface area contributed by atoms with Crippen LogP contribution in [-0.2, 0) is 16.6 Å². The quantitative estimate of drug-likeness (QED) is 0.745. The van der Waals surface area contributed by atoms with Gasteiger partial charge in [-0.2, -0.15) is 0 Å². The molecule has 0 fully saturated rings. The molecule has 0 radical (unpaired) electrons. The van der Waals surface area contributed by atoms with Gasteiger partial charge < -0.3 is 4.42 Å². The van der Waals surface area contributed by atoms with Crippen molar-refractivity contribution in [3.63, 3.8) is 0 Å². The molecule has 3 aromatic rings. The van der Waals surface area contributed by atoms with Crippen molar-refractivity contribution >= 4 is 16.1 Å². The number of nitrogens with one attached hydrogen (secondary N) is 1. The zero-order valence-electron chi connectivity index (χ0n) is 12.7. The average Bonchev–Trinajstić information content (AvgIpc) is 3.14. The van der Waals surface area contributed by atoms with E-state index in [1.165, 1.54) is 24.7 Å². The summed E-state index contributed by atoms with van der Waals surface area (Å²) in [6.45, 7) is 0.0192. The average molecular weight is 341 g/mol. The Hall–Kier alpha value is -2.77. The van der Waals surface area contributed by atoms with Crippen LogP contribution in [-0.4, -0.2) is 18.4 Å². The van der Waals surface area contributed by atoms with Gasteiger partial charge in [0, 0.05) is 17.8 Å². The number of rotatable bonds is 6.